The van der Waals surface area contributed by atoms with Gasteiger partial charge in [0.1, 0.15) is 18.1 Å². The van der Waals surface area contributed by atoms with Crippen molar-refractivity contribution in [2.24, 2.45) is 0 Å². The molecule has 0 spiro atoms. The van der Waals surface area contributed by atoms with Gasteiger partial charge in [-0.15, -0.1) is 6.42 Å². The van der Waals surface area contributed by atoms with Crippen molar-refractivity contribution in [3.05, 3.63) is 66.5 Å². The van der Waals surface area contributed by atoms with Crippen LogP contribution in [0.5, 0.6) is 5.75 Å². The van der Waals surface area contributed by atoms with E-state index in [1.165, 1.54) is 12.2 Å². The van der Waals surface area contributed by atoms with Crippen LogP contribution in [0.25, 0.3) is 12.2 Å². The molecule has 116 valence electrons. The average Bonchev–Trinajstić information content (AvgIpc) is 2.50. The van der Waals surface area contributed by atoms with E-state index in [0.717, 1.165) is 0 Å². The standard InChI is InChI=1S/C15H11N3O5/c1-2-8-23-11-5-3-4-10(9-11)6-7-12-13(18(21)22)14(19)17-15(20)16-12/h1,3-7,9H,8H2,(H2,16,17,19,20). The number of aromatic nitrogens is 2. The summed E-state index contributed by atoms with van der Waals surface area (Å²) in [4.78, 5) is 36.9. The molecule has 1 aromatic carbocycles. The molecular weight excluding hydrogens is 302 g/mol. The highest BCUT2D eigenvalue weighted by molar-refractivity contribution is 5.72. The van der Waals surface area contributed by atoms with Crippen molar-refractivity contribution < 1.29 is 9.66 Å². The summed E-state index contributed by atoms with van der Waals surface area (Å²) in [5.41, 5.74) is -2.18. The van der Waals surface area contributed by atoms with E-state index in [9.17, 15) is 19.7 Å². The molecule has 1 heterocycles. The minimum atomic E-state index is -1.07. The van der Waals surface area contributed by atoms with Gasteiger partial charge in [-0.25, -0.2) is 4.79 Å². The number of rotatable bonds is 5. The Morgan fingerprint density at radius 2 is 2.09 bits per heavy atom. The van der Waals surface area contributed by atoms with Crippen LogP contribution in [-0.4, -0.2) is 21.5 Å². The van der Waals surface area contributed by atoms with Gasteiger partial charge in [0.05, 0.1) is 4.92 Å². The fourth-order valence-electron chi connectivity index (χ4n) is 1.81. The molecule has 0 bridgehead atoms. The maximum Gasteiger partial charge on any atom is 0.357 e. The number of hydrogen-bond acceptors (Lipinski definition) is 5. The summed E-state index contributed by atoms with van der Waals surface area (Å²) in [5, 5.41) is 10.9. The number of ether oxygens (including phenoxy) is 1. The summed E-state index contributed by atoms with van der Waals surface area (Å²) < 4.78 is 5.26. The van der Waals surface area contributed by atoms with Gasteiger partial charge in [-0.2, -0.15) is 0 Å². The highest BCUT2D eigenvalue weighted by Gasteiger charge is 2.18. The fourth-order valence-corrected chi connectivity index (χ4v) is 1.81. The first-order valence-corrected chi connectivity index (χ1v) is 6.36. The van der Waals surface area contributed by atoms with E-state index in [4.69, 9.17) is 11.2 Å². The SMILES string of the molecule is C#CCOc1cccc(C=Cc2[nH]c(=O)[nH]c(=O)c2[N+](=O)[O-])c1. The van der Waals surface area contributed by atoms with Crippen molar-refractivity contribution in [2.75, 3.05) is 6.61 Å². The second-order valence-electron chi connectivity index (χ2n) is 4.33. The molecule has 0 unspecified atom stereocenters. The maximum absolute atomic E-state index is 11.5. The van der Waals surface area contributed by atoms with Crippen LogP contribution < -0.4 is 16.0 Å². The fraction of sp³-hybridized carbons (Fsp3) is 0.0667. The third-order valence-electron chi connectivity index (χ3n) is 2.75. The van der Waals surface area contributed by atoms with Crippen LogP contribution in [0.2, 0.25) is 0 Å². The smallest absolute Gasteiger partial charge is 0.357 e. The van der Waals surface area contributed by atoms with E-state index in [1.54, 1.807) is 24.3 Å². The second-order valence-corrected chi connectivity index (χ2v) is 4.33. The number of hydrogen-bond donors (Lipinski definition) is 2. The topological polar surface area (TPSA) is 118 Å². The first-order chi connectivity index (χ1) is 11.0. The summed E-state index contributed by atoms with van der Waals surface area (Å²) in [6, 6.07) is 6.79. The normalized spacial score (nSPS) is 10.4. The van der Waals surface area contributed by atoms with Crippen LogP contribution in [0.3, 0.4) is 0 Å². The minimum Gasteiger partial charge on any atom is -0.481 e. The molecule has 2 rings (SSSR count). The Hall–Kier alpha value is -3.60. The molecule has 0 saturated heterocycles. The molecule has 1 aromatic heterocycles. The number of terminal acetylenes is 1. The number of benzene rings is 1. The van der Waals surface area contributed by atoms with Gasteiger partial charge in [0.15, 0.2) is 0 Å². The van der Waals surface area contributed by atoms with E-state index < -0.39 is 21.9 Å². The van der Waals surface area contributed by atoms with Crippen molar-refractivity contribution in [2.45, 2.75) is 0 Å². The lowest BCUT2D eigenvalue weighted by Crippen LogP contribution is -2.25. The van der Waals surface area contributed by atoms with Crippen LogP contribution in [-0.2, 0) is 0 Å². The van der Waals surface area contributed by atoms with Crippen molar-refractivity contribution in [1.29, 1.82) is 0 Å². The summed E-state index contributed by atoms with van der Waals surface area (Å²) in [6.45, 7) is 0.111. The van der Waals surface area contributed by atoms with Gasteiger partial charge in [0, 0.05) is 0 Å². The monoisotopic (exact) mass is 313 g/mol. The summed E-state index contributed by atoms with van der Waals surface area (Å²) in [5.74, 6) is 2.86. The highest BCUT2D eigenvalue weighted by atomic mass is 16.6. The van der Waals surface area contributed by atoms with E-state index in [-0.39, 0.29) is 12.3 Å². The predicted molar refractivity (Wildman–Crippen MR) is 84.0 cm³/mol. The number of H-pyrrole nitrogens is 2. The largest absolute Gasteiger partial charge is 0.481 e. The molecule has 0 amide bonds. The van der Waals surface area contributed by atoms with Crippen LogP contribution >= 0.6 is 0 Å². The van der Waals surface area contributed by atoms with Gasteiger partial charge in [-0.3, -0.25) is 19.9 Å². The van der Waals surface area contributed by atoms with Crippen LogP contribution in [0, 0.1) is 22.5 Å². The summed E-state index contributed by atoms with van der Waals surface area (Å²) in [7, 11) is 0. The Morgan fingerprint density at radius 3 is 2.78 bits per heavy atom. The molecule has 23 heavy (non-hydrogen) atoms. The molecule has 2 aromatic rings. The predicted octanol–water partition coefficient (Wildman–Crippen LogP) is 1.15. The zero-order valence-electron chi connectivity index (χ0n) is 11.7. The Bertz CT molecular complexity index is 918. The molecule has 0 aliphatic heterocycles. The summed E-state index contributed by atoms with van der Waals surface area (Å²) >= 11 is 0. The number of aromatic amines is 2. The van der Waals surface area contributed by atoms with Gasteiger partial charge in [-0.05, 0) is 23.8 Å². The molecule has 0 atom stereocenters. The van der Waals surface area contributed by atoms with Crippen LogP contribution in [0.4, 0.5) is 5.69 Å². The third-order valence-corrected chi connectivity index (χ3v) is 2.75. The van der Waals surface area contributed by atoms with E-state index >= 15 is 0 Å². The number of nitrogens with zero attached hydrogens (tertiary/aromatic N) is 1. The zero-order chi connectivity index (χ0) is 16.8. The Labute approximate surface area is 129 Å². The van der Waals surface area contributed by atoms with Gasteiger partial charge in [0.25, 0.3) is 0 Å². The van der Waals surface area contributed by atoms with Gasteiger partial charge >= 0.3 is 16.9 Å². The minimum absolute atomic E-state index is 0.111. The Balaban J connectivity index is 2.38. The Kier molecular flexibility index (Phi) is 4.74. The third kappa shape index (κ3) is 3.95. The highest BCUT2D eigenvalue weighted by Crippen LogP contribution is 2.17. The van der Waals surface area contributed by atoms with Gasteiger partial charge in [0.2, 0.25) is 0 Å². The van der Waals surface area contributed by atoms with Gasteiger partial charge < -0.3 is 9.72 Å². The molecule has 0 aliphatic carbocycles. The first kappa shape index (κ1) is 15.8. The lowest BCUT2D eigenvalue weighted by molar-refractivity contribution is -0.386. The zero-order valence-corrected chi connectivity index (χ0v) is 11.7. The second kappa shape index (κ2) is 6.91. The molecule has 2 N–H and O–H groups in total. The number of nitrogens with one attached hydrogen (secondary N) is 2. The maximum atomic E-state index is 11.5. The first-order valence-electron chi connectivity index (χ1n) is 6.36. The van der Waals surface area contributed by atoms with Crippen LogP contribution in [0.1, 0.15) is 11.3 Å². The van der Waals surface area contributed by atoms with Crippen LogP contribution in [0.15, 0.2) is 33.9 Å². The Morgan fingerprint density at radius 1 is 1.30 bits per heavy atom. The average molecular weight is 313 g/mol. The number of nitro groups is 1. The van der Waals surface area contributed by atoms with E-state index in [1.807, 2.05) is 4.98 Å². The lowest BCUT2D eigenvalue weighted by Gasteiger charge is -2.02. The van der Waals surface area contributed by atoms with E-state index in [0.29, 0.717) is 11.3 Å². The molecular formula is C15H11N3O5. The lowest BCUT2D eigenvalue weighted by atomic mass is 10.2. The van der Waals surface area contributed by atoms with Crippen molar-refractivity contribution in [3.8, 4) is 18.1 Å². The van der Waals surface area contributed by atoms with E-state index in [2.05, 4.69) is 10.9 Å². The molecule has 0 fully saturated rings. The van der Waals surface area contributed by atoms with Crippen molar-refractivity contribution >= 4 is 17.8 Å². The van der Waals surface area contributed by atoms with Crippen molar-refractivity contribution in [1.82, 2.24) is 9.97 Å². The molecule has 0 radical (unpaired) electrons. The quantitative estimate of drug-likeness (QED) is 0.488. The molecule has 8 nitrogen and oxygen atoms in total. The molecule has 0 aliphatic rings. The van der Waals surface area contributed by atoms with Gasteiger partial charge in [-0.1, -0.05) is 24.1 Å². The summed E-state index contributed by atoms with van der Waals surface area (Å²) in [6.07, 6.45) is 7.88. The van der Waals surface area contributed by atoms with Crippen molar-refractivity contribution in [3.63, 3.8) is 0 Å². The molecule has 0 saturated carbocycles. The molecule has 8 heteroatoms.